The third-order valence-electron chi connectivity index (χ3n) is 5.87. The molecule has 2 N–H and O–H groups in total. The van der Waals surface area contributed by atoms with E-state index in [1.54, 1.807) is 6.92 Å². The number of imide groups is 1. The number of nitrogens with zero attached hydrogens (tertiary/aromatic N) is 2. The Morgan fingerprint density at radius 1 is 1.15 bits per heavy atom. The Kier molecular flexibility index (Phi) is 4.53. The molecule has 0 aromatic heterocycles. The van der Waals surface area contributed by atoms with Gasteiger partial charge in [0.05, 0.1) is 0 Å². The van der Waals surface area contributed by atoms with E-state index in [1.807, 2.05) is 24.3 Å². The van der Waals surface area contributed by atoms with Crippen molar-refractivity contribution in [1.29, 1.82) is 0 Å². The Morgan fingerprint density at radius 2 is 1.81 bits per heavy atom. The van der Waals surface area contributed by atoms with Gasteiger partial charge in [-0.1, -0.05) is 0 Å². The molecule has 0 unspecified atom stereocenters. The highest BCUT2D eigenvalue weighted by molar-refractivity contribution is 6.10. The van der Waals surface area contributed by atoms with E-state index in [4.69, 9.17) is 0 Å². The molecule has 0 radical (unpaired) electrons. The first-order valence-electron chi connectivity index (χ1n) is 9.76. The van der Waals surface area contributed by atoms with E-state index in [2.05, 4.69) is 15.5 Å². The average Bonchev–Trinajstić information content (AvgIpc) is 3.49. The predicted octanol–water partition coefficient (Wildman–Crippen LogP) is 2.34. The maximum atomic E-state index is 12.6. The smallest absolute Gasteiger partial charge is 0.325 e. The van der Waals surface area contributed by atoms with Crippen LogP contribution in [0.3, 0.4) is 0 Å². The van der Waals surface area contributed by atoms with Crippen LogP contribution < -0.4 is 15.5 Å². The number of urea groups is 1. The second-order valence-corrected chi connectivity index (χ2v) is 7.94. The lowest BCUT2D eigenvalue weighted by Crippen LogP contribution is -2.46. The van der Waals surface area contributed by atoms with Gasteiger partial charge in [0.25, 0.3) is 5.91 Å². The van der Waals surface area contributed by atoms with Crippen molar-refractivity contribution in [3.63, 3.8) is 0 Å². The first kappa shape index (κ1) is 17.8. The fraction of sp³-hybridized carbons (Fsp3) is 0.550. The van der Waals surface area contributed by atoms with Crippen LogP contribution in [0.25, 0.3) is 0 Å². The van der Waals surface area contributed by atoms with Crippen LogP contribution in [0.2, 0.25) is 0 Å². The van der Waals surface area contributed by atoms with Crippen molar-refractivity contribution in [1.82, 2.24) is 10.2 Å². The number of amides is 4. The van der Waals surface area contributed by atoms with Gasteiger partial charge in [-0.15, -0.1) is 0 Å². The molecule has 3 fully saturated rings. The van der Waals surface area contributed by atoms with Crippen LogP contribution in [0.5, 0.6) is 0 Å². The van der Waals surface area contributed by atoms with E-state index in [1.165, 1.54) is 19.3 Å². The van der Waals surface area contributed by atoms with Crippen molar-refractivity contribution < 1.29 is 14.4 Å². The number of hydrogen-bond donors (Lipinski definition) is 2. The lowest BCUT2D eigenvalue weighted by Gasteiger charge is -2.28. The first-order valence-corrected chi connectivity index (χ1v) is 9.76. The Morgan fingerprint density at radius 3 is 2.44 bits per heavy atom. The van der Waals surface area contributed by atoms with E-state index in [0.717, 1.165) is 36.5 Å². The second-order valence-electron chi connectivity index (χ2n) is 7.94. The maximum Gasteiger partial charge on any atom is 0.325 e. The van der Waals surface area contributed by atoms with Gasteiger partial charge in [0, 0.05) is 24.5 Å². The molecule has 7 heteroatoms. The fourth-order valence-electron chi connectivity index (χ4n) is 4.05. The van der Waals surface area contributed by atoms with Crippen molar-refractivity contribution in [3.05, 3.63) is 24.3 Å². The summed E-state index contributed by atoms with van der Waals surface area (Å²) in [6.45, 7) is 3.62. The molecule has 4 rings (SSSR count). The van der Waals surface area contributed by atoms with Gasteiger partial charge < -0.3 is 15.5 Å². The number of benzene rings is 1. The molecular formula is C20H26N4O3. The van der Waals surface area contributed by atoms with E-state index < -0.39 is 11.6 Å². The highest BCUT2D eigenvalue weighted by atomic mass is 16.2. The van der Waals surface area contributed by atoms with Crippen LogP contribution >= 0.6 is 0 Å². The van der Waals surface area contributed by atoms with Gasteiger partial charge in [-0.05, 0) is 69.2 Å². The molecular weight excluding hydrogens is 344 g/mol. The molecule has 2 aliphatic heterocycles. The molecule has 1 aromatic carbocycles. The monoisotopic (exact) mass is 370 g/mol. The first-order chi connectivity index (χ1) is 13.0. The predicted molar refractivity (Wildman–Crippen MR) is 103 cm³/mol. The topological polar surface area (TPSA) is 81.8 Å². The third-order valence-corrected chi connectivity index (χ3v) is 5.87. The van der Waals surface area contributed by atoms with Crippen LogP contribution in [0.1, 0.15) is 39.0 Å². The third kappa shape index (κ3) is 3.50. The summed E-state index contributed by atoms with van der Waals surface area (Å²) < 4.78 is 0. The number of nitrogens with one attached hydrogen (secondary N) is 2. The number of anilines is 2. The summed E-state index contributed by atoms with van der Waals surface area (Å²) in [4.78, 5) is 40.5. The van der Waals surface area contributed by atoms with Gasteiger partial charge >= 0.3 is 6.03 Å². The minimum atomic E-state index is -0.854. The summed E-state index contributed by atoms with van der Waals surface area (Å²) in [6, 6.07) is 7.24. The zero-order valence-electron chi connectivity index (χ0n) is 15.7. The lowest BCUT2D eigenvalue weighted by molar-refractivity contribution is -0.134. The zero-order valence-corrected chi connectivity index (χ0v) is 15.7. The van der Waals surface area contributed by atoms with Crippen LogP contribution in [0.4, 0.5) is 16.2 Å². The van der Waals surface area contributed by atoms with Crippen LogP contribution in [0, 0.1) is 5.92 Å². The molecule has 0 spiro atoms. The van der Waals surface area contributed by atoms with Crippen molar-refractivity contribution in [2.45, 2.75) is 44.6 Å². The SMILES string of the molecule is C[C@]1(C2CC2)NC(=O)N(CC(=O)Nc2ccc(N3CCCCC3)cc2)C1=O. The summed E-state index contributed by atoms with van der Waals surface area (Å²) in [6.07, 6.45) is 5.58. The Balaban J connectivity index is 1.35. The molecule has 1 atom stereocenters. The largest absolute Gasteiger partial charge is 0.372 e. The summed E-state index contributed by atoms with van der Waals surface area (Å²) >= 11 is 0. The van der Waals surface area contributed by atoms with Gasteiger partial charge in [0.2, 0.25) is 5.91 Å². The standard InChI is InChI=1S/C20H26N4O3/c1-20(14-5-6-14)18(26)24(19(27)22-20)13-17(25)21-15-7-9-16(10-8-15)23-11-3-2-4-12-23/h7-10,14H,2-6,11-13H2,1H3,(H,21,25)(H,22,27)/t20-/m1/s1. The number of piperidine rings is 1. The molecule has 2 heterocycles. The molecule has 1 aliphatic carbocycles. The molecule has 1 aromatic rings. The van der Waals surface area contributed by atoms with Gasteiger partial charge in [-0.3, -0.25) is 14.5 Å². The lowest BCUT2D eigenvalue weighted by atomic mass is 9.96. The highest BCUT2D eigenvalue weighted by Crippen LogP contribution is 2.42. The number of rotatable bonds is 5. The van der Waals surface area contributed by atoms with Crippen molar-refractivity contribution >= 4 is 29.2 Å². The summed E-state index contributed by atoms with van der Waals surface area (Å²) in [5.74, 6) is -0.487. The van der Waals surface area contributed by atoms with Crippen LogP contribution in [0.15, 0.2) is 24.3 Å². The molecule has 4 amide bonds. The van der Waals surface area contributed by atoms with Crippen LogP contribution in [-0.2, 0) is 9.59 Å². The second kappa shape index (κ2) is 6.87. The number of hydrogen-bond acceptors (Lipinski definition) is 4. The van der Waals surface area contributed by atoms with E-state index in [-0.39, 0.29) is 24.3 Å². The summed E-state index contributed by atoms with van der Waals surface area (Å²) in [7, 11) is 0. The Hall–Kier alpha value is -2.57. The molecule has 27 heavy (non-hydrogen) atoms. The average molecular weight is 370 g/mol. The molecule has 0 bridgehead atoms. The quantitative estimate of drug-likeness (QED) is 0.780. The van der Waals surface area contributed by atoms with E-state index >= 15 is 0 Å². The molecule has 7 nitrogen and oxygen atoms in total. The summed E-state index contributed by atoms with van der Waals surface area (Å²) in [5.41, 5.74) is 0.966. The molecule has 144 valence electrons. The maximum absolute atomic E-state index is 12.6. The van der Waals surface area contributed by atoms with E-state index in [0.29, 0.717) is 5.69 Å². The number of carbonyl (C=O) groups is 3. The summed E-state index contributed by atoms with van der Waals surface area (Å²) in [5, 5.41) is 5.54. The van der Waals surface area contributed by atoms with Gasteiger partial charge in [-0.2, -0.15) is 0 Å². The van der Waals surface area contributed by atoms with Crippen molar-refractivity contribution in [3.8, 4) is 0 Å². The minimum absolute atomic E-state index is 0.185. The van der Waals surface area contributed by atoms with Gasteiger partial charge in [-0.25, -0.2) is 4.79 Å². The van der Waals surface area contributed by atoms with E-state index in [9.17, 15) is 14.4 Å². The molecule has 1 saturated carbocycles. The zero-order chi connectivity index (χ0) is 19.0. The number of carbonyl (C=O) groups excluding carboxylic acids is 3. The molecule has 2 saturated heterocycles. The Bertz CT molecular complexity index is 753. The fourth-order valence-corrected chi connectivity index (χ4v) is 4.05. The van der Waals surface area contributed by atoms with Gasteiger partial charge in [0.15, 0.2) is 0 Å². The minimum Gasteiger partial charge on any atom is -0.372 e. The van der Waals surface area contributed by atoms with Crippen molar-refractivity contribution in [2.24, 2.45) is 5.92 Å². The van der Waals surface area contributed by atoms with Crippen molar-refractivity contribution in [2.75, 3.05) is 29.9 Å². The highest BCUT2D eigenvalue weighted by Gasteiger charge is 2.56. The normalized spacial score (nSPS) is 25.5. The van der Waals surface area contributed by atoms with Gasteiger partial charge in [0.1, 0.15) is 12.1 Å². The van der Waals surface area contributed by atoms with Crippen LogP contribution in [-0.4, -0.2) is 47.9 Å². The molecule has 3 aliphatic rings. The Labute approximate surface area is 159 Å².